The highest BCUT2D eigenvalue weighted by molar-refractivity contribution is 5.88. The van der Waals surface area contributed by atoms with E-state index in [1.165, 1.54) is 6.42 Å². The maximum atomic E-state index is 12.8. The second-order valence-electron chi connectivity index (χ2n) is 8.91. The summed E-state index contributed by atoms with van der Waals surface area (Å²) >= 11 is 0. The number of carboxylic acids is 2. The minimum absolute atomic E-state index is 0.0734. The number of halogens is 3. The summed E-state index contributed by atoms with van der Waals surface area (Å²) in [6, 6.07) is -2.17. The summed E-state index contributed by atoms with van der Waals surface area (Å²) < 4.78 is 31.7. The highest BCUT2D eigenvalue weighted by atomic mass is 19.4. The smallest absolute Gasteiger partial charge is 0.480 e. The van der Waals surface area contributed by atoms with E-state index in [1.807, 2.05) is 13.8 Å². The first-order valence-corrected chi connectivity index (χ1v) is 12.5. The van der Waals surface area contributed by atoms with Gasteiger partial charge in [0.1, 0.15) is 12.1 Å². The molecule has 0 aliphatic heterocycles. The molecule has 1 aliphatic carbocycles. The normalized spacial score (nSPS) is 15.8. The molecular weight excluding hydrogens is 485 g/mol. The molecule has 1 aliphatic rings. The average Bonchev–Trinajstić information content (AvgIpc) is 2.81. The van der Waals surface area contributed by atoms with Crippen LogP contribution in [0.15, 0.2) is 0 Å². The summed E-state index contributed by atoms with van der Waals surface area (Å²) in [6.45, 7) is 4.52. The van der Waals surface area contributed by atoms with Crippen molar-refractivity contribution in [2.45, 2.75) is 109 Å². The lowest BCUT2D eigenvalue weighted by Crippen LogP contribution is -2.55. The van der Waals surface area contributed by atoms with E-state index in [2.05, 4.69) is 16.0 Å². The van der Waals surface area contributed by atoms with Crippen LogP contribution < -0.4 is 21.7 Å². The van der Waals surface area contributed by atoms with Gasteiger partial charge in [0, 0.05) is 6.04 Å². The lowest BCUT2D eigenvalue weighted by molar-refractivity contribution is -0.192. The molecule has 0 radical (unpaired) electrons. The van der Waals surface area contributed by atoms with Gasteiger partial charge in [-0.15, -0.1) is 0 Å². The number of amides is 3. The molecule has 0 bridgehead atoms. The molecule has 1 fully saturated rings. The lowest BCUT2D eigenvalue weighted by atomic mass is 9.84. The van der Waals surface area contributed by atoms with Gasteiger partial charge < -0.3 is 31.9 Å². The predicted octanol–water partition coefficient (Wildman–Crippen LogP) is 3.14. The number of hydrogen-bond acceptors (Lipinski definition) is 5. The van der Waals surface area contributed by atoms with Crippen LogP contribution in [0.3, 0.4) is 0 Å². The van der Waals surface area contributed by atoms with E-state index in [9.17, 15) is 32.7 Å². The number of carboxylic acid groups (broad SMARTS) is 2. The lowest BCUT2D eigenvalue weighted by Gasteiger charge is -2.28. The maximum Gasteiger partial charge on any atom is 0.490 e. The molecule has 210 valence electrons. The van der Waals surface area contributed by atoms with Crippen LogP contribution in [-0.4, -0.2) is 64.9 Å². The molecule has 0 heterocycles. The number of rotatable bonds is 13. The zero-order valence-electron chi connectivity index (χ0n) is 21.0. The number of nitrogens with one attached hydrogen (secondary N) is 3. The minimum atomic E-state index is -5.08. The Morgan fingerprint density at radius 2 is 1.44 bits per heavy atom. The van der Waals surface area contributed by atoms with Crippen LogP contribution in [0, 0.1) is 5.92 Å². The molecule has 0 aromatic heterocycles. The Morgan fingerprint density at radius 3 is 1.89 bits per heavy atom. The number of carbonyl (C=O) groups excluding carboxylic acids is 2. The summed E-state index contributed by atoms with van der Waals surface area (Å²) in [4.78, 5) is 45.6. The standard InChI is InChI=1S/C21H40N4O4.C2HF3O2/c1-3-16(4-2)23-19(26)18(14-15-10-6-5-7-11-15)25-21(29)24-17(20(27)28)12-8-9-13-22;3-2(4,5)1(6)7/h15-18H,3-14,22H2,1-2H3,(H,23,26)(H,27,28)(H2,24,25,29);(H,6,7)/t17-,18+;/m0./s1. The summed E-state index contributed by atoms with van der Waals surface area (Å²) in [6.07, 6.45) is 4.45. The molecule has 10 nitrogen and oxygen atoms in total. The van der Waals surface area contributed by atoms with Crippen LogP contribution in [0.2, 0.25) is 0 Å². The van der Waals surface area contributed by atoms with Crippen LogP contribution >= 0.6 is 0 Å². The molecule has 1 saturated carbocycles. The first-order valence-electron chi connectivity index (χ1n) is 12.5. The number of alkyl halides is 3. The van der Waals surface area contributed by atoms with Crippen molar-refractivity contribution in [2.75, 3.05) is 6.54 Å². The van der Waals surface area contributed by atoms with Crippen molar-refractivity contribution < 1.29 is 42.6 Å². The van der Waals surface area contributed by atoms with Gasteiger partial charge in [-0.3, -0.25) is 4.79 Å². The number of hydrogen-bond donors (Lipinski definition) is 6. The van der Waals surface area contributed by atoms with Crippen molar-refractivity contribution in [1.82, 2.24) is 16.0 Å². The Balaban J connectivity index is 0.00000152. The van der Waals surface area contributed by atoms with E-state index in [-0.39, 0.29) is 11.9 Å². The second-order valence-corrected chi connectivity index (χ2v) is 8.91. The van der Waals surface area contributed by atoms with E-state index < -0.39 is 36.2 Å². The molecular formula is C23H41F3N4O6. The summed E-state index contributed by atoms with van der Waals surface area (Å²) in [5.74, 6) is -3.62. The van der Waals surface area contributed by atoms with E-state index in [0.29, 0.717) is 38.1 Å². The monoisotopic (exact) mass is 526 g/mol. The van der Waals surface area contributed by atoms with Gasteiger partial charge in [-0.1, -0.05) is 46.0 Å². The molecule has 13 heteroatoms. The topological polar surface area (TPSA) is 171 Å². The van der Waals surface area contributed by atoms with Crippen molar-refractivity contribution in [2.24, 2.45) is 11.7 Å². The third-order valence-electron chi connectivity index (χ3n) is 6.04. The molecule has 1 rings (SSSR count). The number of urea groups is 1. The Morgan fingerprint density at radius 1 is 0.917 bits per heavy atom. The van der Waals surface area contributed by atoms with E-state index >= 15 is 0 Å². The molecule has 0 aromatic rings. The minimum Gasteiger partial charge on any atom is -0.480 e. The van der Waals surface area contributed by atoms with Crippen LogP contribution in [0.1, 0.15) is 84.5 Å². The fourth-order valence-electron chi connectivity index (χ4n) is 3.89. The van der Waals surface area contributed by atoms with Crippen molar-refractivity contribution in [3.8, 4) is 0 Å². The van der Waals surface area contributed by atoms with Crippen LogP contribution in [0.25, 0.3) is 0 Å². The third kappa shape index (κ3) is 14.7. The summed E-state index contributed by atoms with van der Waals surface area (Å²) in [7, 11) is 0. The molecule has 7 N–H and O–H groups in total. The van der Waals surface area contributed by atoms with Crippen molar-refractivity contribution in [3.63, 3.8) is 0 Å². The van der Waals surface area contributed by atoms with Gasteiger partial charge in [-0.25, -0.2) is 14.4 Å². The number of unbranched alkanes of at least 4 members (excludes halogenated alkanes) is 1. The van der Waals surface area contributed by atoms with Crippen LogP contribution in [0.5, 0.6) is 0 Å². The first-order chi connectivity index (χ1) is 16.8. The Hall–Kier alpha value is -2.57. The summed E-state index contributed by atoms with van der Waals surface area (Å²) in [5.41, 5.74) is 5.45. The van der Waals surface area contributed by atoms with Gasteiger partial charge in [0.05, 0.1) is 0 Å². The number of aliphatic carboxylic acids is 2. The molecule has 36 heavy (non-hydrogen) atoms. The van der Waals surface area contributed by atoms with E-state index in [4.69, 9.17) is 15.6 Å². The van der Waals surface area contributed by atoms with Crippen LogP contribution in [-0.2, 0) is 14.4 Å². The highest BCUT2D eigenvalue weighted by Crippen LogP contribution is 2.27. The predicted molar refractivity (Wildman–Crippen MR) is 127 cm³/mol. The Bertz CT molecular complexity index is 683. The maximum absolute atomic E-state index is 12.8. The van der Waals surface area contributed by atoms with E-state index in [0.717, 1.165) is 38.5 Å². The van der Waals surface area contributed by atoms with Crippen molar-refractivity contribution in [3.05, 3.63) is 0 Å². The zero-order chi connectivity index (χ0) is 27.7. The quantitative estimate of drug-likeness (QED) is 0.200. The zero-order valence-corrected chi connectivity index (χ0v) is 21.0. The molecule has 0 unspecified atom stereocenters. The van der Waals surface area contributed by atoms with Gasteiger partial charge in [0.15, 0.2) is 0 Å². The Labute approximate surface area is 209 Å². The largest absolute Gasteiger partial charge is 0.490 e. The highest BCUT2D eigenvalue weighted by Gasteiger charge is 2.38. The molecule has 2 atom stereocenters. The van der Waals surface area contributed by atoms with Gasteiger partial charge in [-0.2, -0.15) is 13.2 Å². The molecule has 0 saturated heterocycles. The fourth-order valence-corrected chi connectivity index (χ4v) is 3.89. The average molecular weight is 527 g/mol. The summed E-state index contributed by atoms with van der Waals surface area (Å²) in [5, 5.41) is 24.8. The van der Waals surface area contributed by atoms with Gasteiger partial charge in [0.25, 0.3) is 0 Å². The number of nitrogens with two attached hydrogens (primary N) is 1. The van der Waals surface area contributed by atoms with Gasteiger partial charge in [-0.05, 0) is 51.0 Å². The first kappa shape index (κ1) is 33.4. The fraction of sp³-hybridized carbons (Fsp3) is 0.826. The molecule has 0 spiro atoms. The second kappa shape index (κ2) is 17.8. The van der Waals surface area contributed by atoms with Crippen molar-refractivity contribution >= 4 is 23.9 Å². The van der Waals surface area contributed by atoms with Gasteiger partial charge >= 0.3 is 24.1 Å². The van der Waals surface area contributed by atoms with E-state index in [1.54, 1.807) is 0 Å². The molecule has 3 amide bonds. The Kier molecular flexibility index (Phi) is 16.5. The third-order valence-corrected chi connectivity index (χ3v) is 6.04. The van der Waals surface area contributed by atoms with Gasteiger partial charge in [0.2, 0.25) is 5.91 Å². The van der Waals surface area contributed by atoms with Crippen molar-refractivity contribution in [1.29, 1.82) is 0 Å². The SMILES string of the molecule is CCC(CC)NC(=O)[C@@H](CC1CCCCC1)NC(=O)N[C@@H](CCCCN)C(=O)O.O=C(O)C(F)(F)F. The van der Waals surface area contributed by atoms with Crippen LogP contribution in [0.4, 0.5) is 18.0 Å². The number of carbonyl (C=O) groups is 4. The molecule has 0 aromatic carbocycles.